The second kappa shape index (κ2) is 6.11. The third-order valence-electron chi connectivity index (χ3n) is 3.81. The van der Waals surface area contributed by atoms with E-state index in [1.54, 1.807) is 25.1 Å². The van der Waals surface area contributed by atoms with Gasteiger partial charge in [-0.05, 0) is 32.8 Å². The van der Waals surface area contributed by atoms with Crippen molar-refractivity contribution < 1.29 is 19.4 Å². The highest BCUT2D eigenvalue weighted by molar-refractivity contribution is 5.88. The van der Waals surface area contributed by atoms with E-state index < -0.39 is 11.5 Å². The van der Waals surface area contributed by atoms with Crippen molar-refractivity contribution in [2.45, 2.75) is 38.6 Å². The number of rotatable bonds is 5. The largest absolute Gasteiger partial charge is 0.480 e. The van der Waals surface area contributed by atoms with E-state index in [-0.39, 0.29) is 12.3 Å². The zero-order chi connectivity index (χ0) is 15.5. The van der Waals surface area contributed by atoms with Gasteiger partial charge in [0.05, 0.1) is 18.7 Å². The lowest BCUT2D eigenvalue weighted by Crippen LogP contribution is -2.51. The van der Waals surface area contributed by atoms with Gasteiger partial charge >= 0.3 is 5.97 Å². The van der Waals surface area contributed by atoms with Crippen molar-refractivity contribution in [1.29, 1.82) is 0 Å². The predicted octanol–water partition coefficient (Wildman–Crippen LogP) is 1.49. The molecule has 2 rings (SSSR count). The molecule has 1 aliphatic rings. The quantitative estimate of drug-likeness (QED) is 0.889. The van der Waals surface area contributed by atoms with E-state index in [2.05, 4.69) is 4.98 Å². The van der Waals surface area contributed by atoms with Gasteiger partial charge in [0.15, 0.2) is 0 Å². The number of carbonyl (C=O) groups excluding carboxylic acids is 1. The van der Waals surface area contributed by atoms with E-state index in [4.69, 9.17) is 4.74 Å². The molecule has 21 heavy (non-hydrogen) atoms. The van der Waals surface area contributed by atoms with Gasteiger partial charge < -0.3 is 14.7 Å². The molecule has 0 bridgehead atoms. The van der Waals surface area contributed by atoms with E-state index in [9.17, 15) is 14.7 Å². The highest BCUT2D eigenvalue weighted by Gasteiger charge is 2.45. The standard InChI is InChI=1S/C15H20N2O4/c1-3-21-12-7-4-6-11(16-12)10-13(18)17-9-5-8-15(17,2)14(19)20/h4,6-7H,3,5,8-10H2,1-2H3,(H,19,20)/t15-/m1/s1. The molecule has 1 fully saturated rings. The Morgan fingerprint density at radius 1 is 1.48 bits per heavy atom. The van der Waals surface area contributed by atoms with Crippen LogP contribution in [0.4, 0.5) is 0 Å². The molecule has 1 N–H and O–H groups in total. The van der Waals surface area contributed by atoms with E-state index in [1.807, 2.05) is 6.92 Å². The van der Waals surface area contributed by atoms with Crippen molar-refractivity contribution in [2.75, 3.05) is 13.2 Å². The Kier molecular flexibility index (Phi) is 4.45. The zero-order valence-corrected chi connectivity index (χ0v) is 12.3. The van der Waals surface area contributed by atoms with Gasteiger partial charge in [0, 0.05) is 12.6 Å². The first kappa shape index (κ1) is 15.3. The summed E-state index contributed by atoms with van der Waals surface area (Å²) in [6, 6.07) is 5.25. The van der Waals surface area contributed by atoms with E-state index in [0.29, 0.717) is 37.6 Å². The van der Waals surface area contributed by atoms with Gasteiger partial charge in [-0.15, -0.1) is 0 Å². The number of carboxylic acids is 1. The van der Waals surface area contributed by atoms with Crippen molar-refractivity contribution >= 4 is 11.9 Å². The van der Waals surface area contributed by atoms with Crippen molar-refractivity contribution in [3.63, 3.8) is 0 Å². The van der Waals surface area contributed by atoms with Crippen LogP contribution >= 0.6 is 0 Å². The lowest BCUT2D eigenvalue weighted by Gasteiger charge is -2.31. The average molecular weight is 292 g/mol. The summed E-state index contributed by atoms with van der Waals surface area (Å²) in [7, 11) is 0. The Morgan fingerprint density at radius 3 is 2.90 bits per heavy atom. The molecule has 1 aliphatic heterocycles. The van der Waals surface area contributed by atoms with E-state index in [0.717, 1.165) is 0 Å². The van der Waals surface area contributed by atoms with Crippen LogP contribution in [0.3, 0.4) is 0 Å². The highest BCUT2D eigenvalue weighted by Crippen LogP contribution is 2.29. The number of hydrogen-bond acceptors (Lipinski definition) is 4. The van der Waals surface area contributed by atoms with Gasteiger partial charge in [-0.2, -0.15) is 0 Å². The Morgan fingerprint density at radius 2 is 2.24 bits per heavy atom. The number of nitrogens with zero attached hydrogens (tertiary/aromatic N) is 2. The number of pyridine rings is 1. The molecular weight excluding hydrogens is 272 g/mol. The minimum atomic E-state index is -1.10. The predicted molar refractivity (Wildman–Crippen MR) is 76.1 cm³/mol. The lowest BCUT2D eigenvalue weighted by molar-refractivity contribution is -0.155. The van der Waals surface area contributed by atoms with Crippen LogP contribution in [0, 0.1) is 0 Å². The fraction of sp³-hybridized carbons (Fsp3) is 0.533. The first-order valence-corrected chi connectivity index (χ1v) is 7.10. The fourth-order valence-electron chi connectivity index (χ4n) is 2.62. The normalized spacial score (nSPS) is 21.3. The van der Waals surface area contributed by atoms with Crippen LogP contribution in [0.15, 0.2) is 18.2 Å². The van der Waals surface area contributed by atoms with Gasteiger partial charge in [0.2, 0.25) is 11.8 Å². The number of carbonyl (C=O) groups is 2. The van der Waals surface area contributed by atoms with Gasteiger partial charge in [-0.1, -0.05) is 6.07 Å². The summed E-state index contributed by atoms with van der Waals surface area (Å²) in [5, 5.41) is 9.34. The molecule has 1 atom stereocenters. The third kappa shape index (κ3) is 3.15. The summed E-state index contributed by atoms with van der Waals surface area (Å²) in [6.07, 6.45) is 1.28. The minimum Gasteiger partial charge on any atom is -0.480 e. The number of aliphatic carboxylic acids is 1. The number of carboxylic acid groups (broad SMARTS) is 1. The number of likely N-dealkylation sites (tertiary alicyclic amines) is 1. The van der Waals surface area contributed by atoms with Crippen molar-refractivity contribution in [3.8, 4) is 5.88 Å². The number of ether oxygens (including phenoxy) is 1. The second-order valence-corrected chi connectivity index (χ2v) is 5.30. The molecule has 0 aromatic carbocycles. The Balaban J connectivity index is 2.11. The molecule has 0 aliphatic carbocycles. The van der Waals surface area contributed by atoms with Crippen molar-refractivity contribution in [2.24, 2.45) is 0 Å². The molecule has 0 radical (unpaired) electrons. The molecular formula is C15H20N2O4. The maximum atomic E-state index is 12.4. The summed E-state index contributed by atoms with van der Waals surface area (Å²) in [6.45, 7) is 4.45. The third-order valence-corrected chi connectivity index (χ3v) is 3.81. The van der Waals surface area contributed by atoms with Gasteiger partial charge in [0.25, 0.3) is 0 Å². The lowest BCUT2D eigenvalue weighted by atomic mass is 9.99. The Bertz CT molecular complexity index is 546. The molecule has 6 nitrogen and oxygen atoms in total. The van der Waals surface area contributed by atoms with Crippen molar-refractivity contribution in [3.05, 3.63) is 23.9 Å². The van der Waals surface area contributed by atoms with E-state index in [1.165, 1.54) is 4.90 Å². The molecule has 0 unspecified atom stereocenters. The molecule has 1 aromatic rings. The smallest absolute Gasteiger partial charge is 0.329 e. The van der Waals surface area contributed by atoms with Crippen LogP contribution in [0.25, 0.3) is 0 Å². The van der Waals surface area contributed by atoms with Gasteiger partial charge in [-0.25, -0.2) is 9.78 Å². The topological polar surface area (TPSA) is 79.7 Å². The minimum absolute atomic E-state index is 0.0871. The first-order valence-electron chi connectivity index (χ1n) is 7.10. The summed E-state index contributed by atoms with van der Waals surface area (Å²) in [4.78, 5) is 29.5. The molecule has 2 heterocycles. The molecule has 1 aromatic heterocycles. The van der Waals surface area contributed by atoms with Crippen LogP contribution < -0.4 is 4.74 Å². The number of amides is 1. The van der Waals surface area contributed by atoms with Crippen LogP contribution in [0.1, 0.15) is 32.4 Å². The number of aromatic nitrogens is 1. The van der Waals surface area contributed by atoms with Gasteiger partial charge in [-0.3, -0.25) is 4.79 Å². The zero-order valence-electron chi connectivity index (χ0n) is 12.3. The average Bonchev–Trinajstić information content (AvgIpc) is 2.83. The summed E-state index contributed by atoms with van der Waals surface area (Å²) in [5.41, 5.74) is -0.514. The maximum absolute atomic E-state index is 12.4. The second-order valence-electron chi connectivity index (χ2n) is 5.30. The Labute approximate surface area is 123 Å². The maximum Gasteiger partial charge on any atom is 0.329 e. The molecule has 6 heteroatoms. The summed E-state index contributed by atoms with van der Waals surface area (Å²) < 4.78 is 5.30. The molecule has 0 spiro atoms. The fourth-order valence-corrected chi connectivity index (χ4v) is 2.62. The number of hydrogen-bond donors (Lipinski definition) is 1. The van der Waals surface area contributed by atoms with Gasteiger partial charge in [0.1, 0.15) is 5.54 Å². The van der Waals surface area contributed by atoms with Crippen LogP contribution in [0.2, 0.25) is 0 Å². The van der Waals surface area contributed by atoms with Crippen LogP contribution in [0.5, 0.6) is 5.88 Å². The Hall–Kier alpha value is -2.11. The van der Waals surface area contributed by atoms with E-state index >= 15 is 0 Å². The highest BCUT2D eigenvalue weighted by atomic mass is 16.5. The SMILES string of the molecule is CCOc1cccc(CC(=O)N2CCC[C@]2(C)C(=O)O)n1. The summed E-state index contributed by atoms with van der Waals surface area (Å²) in [5.74, 6) is -0.687. The molecule has 1 saturated heterocycles. The first-order chi connectivity index (χ1) is 9.97. The van der Waals surface area contributed by atoms with Crippen LogP contribution in [-0.4, -0.2) is 45.6 Å². The molecule has 0 saturated carbocycles. The van der Waals surface area contributed by atoms with Crippen molar-refractivity contribution in [1.82, 2.24) is 9.88 Å². The van der Waals surface area contributed by atoms with Crippen LogP contribution in [-0.2, 0) is 16.0 Å². The molecule has 114 valence electrons. The monoisotopic (exact) mass is 292 g/mol. The molecule has 1 amide bonds. The summed E-state index contributed by atoms with van der Waals surface area (Å²) >= 11 is 0.